The third kappa shape index (κ3) is 5.40. The molecule has 3 unspecified atom stereocenters. The summed E-state index contributed by atoms with van der Waals surface area (Å²) < 4.78 is 16.5. The summed E-state index contributed by atoms with van der Waals surface area (Å²) in [6, 6.07) is 9.65. The molecule has 110 valence electrons. The van der Waals surface area contributed by atoms with Crippen molar-refractivity contribution in [1.82, 2.24) is 0 Å². The van der Waals surface area contributed by atoms with Crippen LogP contribution in [0, 0.1) is 5.92 Å². The zero-order valence-electron chi connectivity index (χ0n) is 12.0. The van der Waals surface area contributed by atoms with Gasteiger partial charge in [-0.1, -0.05) is 37.3 Å². The van der Waals surface area contributed by atoms with Crippen molar-refractivity contribution in [3.8, 4) is 0 Å². The summed E-state index contributed by atoms with van der Waals surface area (Å²) in [6.45, 7) is 3.98. The van der Waals surface area contributed by atoms with Gasteiger partial charge < -0.3 is 5.11 Å². The molecule has 0 bridgehead atoms. The normalized spacial score (nSPS) is 14.6. The van der Waals surface area contributed by atoms with E-state index in [4.69, 9.17) is 4.52 Å². The van der Waals surface area contributed by atoms with E-state index in [1.165, 1.54) is 0 Å². The molecule has 0 aliphatic rings. The minimum absolute atomic E-state index is 0.0567. The van der Waals surface area contributed by atoms with Crippen molar-refractivity contribution in [1.29, 1.82) is 0 Å². The first-order valence-electron chi connectivity index (χ1n) is 6.91. The summed E-state index contributed by atoms with van der Waals surface area (Å²) in [7, 11) is -1.61. The largest absolute Gasteiger partial charge is 0.508 e. The van der Waals surface area contributed by atoms with Gasteiger partial charge in [0.2, 0.25) is 0 Å². The molecular formula is C15H22O4P+. The van der Waals surface area contributed by atoms with Crippen LogP contribution in [0.2, 0.25) is 0 Å². The lowest BCUT2D eigenvalue weighted by molar-refractivity contribution is -0.141. The highest BCUT2D eigenvalue weighted by Gasteiger charge is 2.26. The first-order chi connectivity index (χ1) is 9.56. The molecule has 1 aromatic carbocycles. The van der Waals surface area contributed by atoms with Crippen molar-refractivity contribution in [3.05, 3.63) is 35.9 Å². The second kappa shape index (κ2) is 8.83. The number of carbonyl (C=O) groups is 1. The molecule has 1 N–H and O–H groups in total. The Kier molecular flexibility index (Phi) is 7.42. The topological polar surface area (TPSA) is 63.6 Å². The van der Waals surface area contributed by atoms with Gasteiger partial charge in [-0.3, -0.25) is 4.79 Å². The molecule has 3 atom stereocenters. The van der Waals surface area contributed by atoms with E-state index in [0.717, 1.165) is 5.56 Å². The van der Waals surface area contributed by atoms with Crippen LogP contribution in [0.1, 0.15) is 38.2 Å². The minimum atomic E-state index is -1.61. The fourth-order valence-electron chi connectivity index (χ4n) is 2.23. The van der Waals surface area contributed by atoms with Gasteiger partial charge in [0.05, 0.1) is 12.5 Å². The third-order valence-electron chi connectivity index (χ3n) is 3.35. The molecular weight excluding hydrogens is 275 g/mol. The molecule has 0 radical (unpaired) electrons. The van der Waals surface area contributed by atoms with E-state index in [0.29, 0.717) is 25.6 Å². The second-order valence-electron chi connectivity index (χ2n) is 4.76. The molecule has 1 rings (SSSR count). The van der Waals surface area contributed by atoms with E-state index in [1.807, 2.05) is 37.3 Å². The summed E-state index contributed by atoms with van der Waals surface area (Å²) in [6.07, 6.45) is 1.89. The van der Waals surface area contributed by atoms with E-state index in [1.54, 1.807) is 6.92 Å². The molecule has 0 heterocycles. The maximum Gasteiger partial charge on any atom is 0.508 e. The molecule has 1 aromatic rings. The Bertz CT molecular complexity index is 433. The predicted molar refractivity (Wildman–Crippen MR) is 79.3 cm³/mol. The Balaban J connectivity index is 2.65. The fraction of sp³-hybridized carbons (Fsp3) is 0.533. The van der Waals surface area contributed by atoms with Crippen molar-refractivity contribution in [2.75, 3.05) is 12.8 Å². The van der Waals surface area contributed by atoms with Gasteiger partial charge in [0, 0.05) is 0 Å². The van der Waals surface area contributed by atoms with Crippen molar-refractivity contribution in [2.45, 2.75) is 32.6 Å². The fourth-order valence-corrected chi connectivity index (χ4v) is 3.08. The lowest BCUT2D eigenvalue weighted by Gasteiger charge is -2.20. The Morgan fingerprint density at radius 2 is 2.00 bits per heavy atom. The Hall–Kier alpha value is -1.25. The summed E-state index contributed by atoms with van der Waals surface area (Å²) in [5, 5.41) is 9.22. The number of hydrogen-bond acceptors (Lipinski definition) is 3. The van der Waals surface area contributed by atoms with Crippen molar-refractivity contribution in [3.63, 3.8) is 0 Å². The van der Waals surface area contributed by atoms with Crippen LogP contribution in [-0.4, -0.2) is 23.8 Å². The average Bonchev–Trinajstić information content (AvgIpc) is 2.44. The third-order valence-corrected chi connectivity index (χ3v) is 4.58. The standard InChI is InChI=1S/C15H21O4P/c1-3-19-20(18)11-7-10-14(12(2)15(16)17)13-8-5-4-6-9-13/h4-6,8-9,12,14H,3,7,10-11H2,1-2H3/p+1. The van der Waals surface area contributed by atoms with Crippen molar-refractivity contribution in [2.24, 2.45) is 5.92 Å². The van der Waals surface area contributed by atoms with Crippen LogP contribution in [0.5, 0.6) is 0 Å². The van der Waals surface area contributed by atoms with Crippen LogP contribution in [0.25, 0.3) is 0 Å². The highest BCUT2D eigenvalue weighted by atomic mass is 31.1. The van der Waals surface area contributed by atoms with Gasteiger partial charge in [0.25, 0.3) is 0 Å². The number of benzene rings is 1. The van der Waals surface area contributed by atoms with Gasteiger partial charge in [-0.15, -0.1) is 4.52 Å². The van der Waals surface area contributed by atoms with Crippen LogP contribution in [0.3, 0.4) is 0 Å². The van der Waals surface area contributed by atoms with Crippen molar-refractivity contribution < 1.29 is 19.0 Å². The van der Waals surface area contributed by atoms with Gasteiger partial charge in [-0.25, -0.2) is 0 Å². The second-order valence-corrected chi connectivity index (χ2v) is 6.13. The molecule has 0 amide bonds. The minimum Gasteiger partial charge on any atom is -0.481 e. The Morgan fingerprint density at radius 3 is 2.55 bits per heavy atom. The van der Waals surface area contributed by atoms with Crippen LogP contribution in [-0.2, 0) is 13.9 Å². The zero-order valence-corrected chi connectivity index (χ0v) is 12.9. The van der Waals surface area contributed by atoms with E-state index in [9.17, 15) is 14.5 Å². The first-order valence-corrected chi connectivity index (χ1v) is 8.27. The van der Waals surface area contributed by atoms with Crippen LogP contribution < -0.4 is 0 Å². The van der Waals surface area contributed by atoms with Crippen LogP contribution >= 0.6 is 8.03 Å². The SMILES string of the molecule is CCO[P+](=O)CCCC(c1ccccc1)C(C)C(=O)O. The smallest absolute Gasteiger partial charge is 0.481 e. The van der Waals surface area contributed by atoms with Gasteiger partial charge in [-0.05, 0) is 35.8 Å². The Morgan fingerprint density at radius 1 is 1.35 bits per heavy atom. The monoisotopic (exact) mass is 297 g/mol. The molecule has 0 aliphatic heterocycles. The van der Waals surface area contributed by atoms with E-state index in [2.05, 4.69) is 0 Å². The lowest BCUT2D eigenvalue weighted by Crippen LogP contribution is -2.19. The summed E-state index contributed by atoms with van der Waals surface area (Å²) in [5.74, 6) is -1.31. The van der Waals surface area contributed by atoms with Gasteiger partial charge in [-0.2, -0.15) is 0 Å². The lowest BCUT2D eigenvalue weighted by atomic mass is 9.84. The number of carboxylic acids is 1. The van der Waals surface area contributed by atoms with E-state index in [-0.39, 0.29) is 5.92 Å². The molecule has 0 saturated heterocycles. The quantitative estimate of drug-likeness (QED) is 0.698. The predicted octanol–water partition coefficient (Wildman–Crippen LogP) is 4.05. The molecule has 20 heavy (non-hydrogen) atoms. The Labute approximate surface area is 121 Å². The van der Waals surface area contributed by atoms with Crippen LogP contribution in [0.4, 0.5) is 0 Å². The molecule has 0 spiro atoms. The summed E-state index contributed by atoms with van der Waals surface area (Å²) in [4.78, 5) is 11.2. The van der Waals surface area contributed by atoms with Crippen molar-refractivity contribution >= 4 is 14.0 Å². The number of aliphatic carboxylic acids is 1. The van der Waals surface area contributed by atoms with Gasteiger partial charge in [0.15, 0.2) is 6.16 Å². The zero-order chi connectivity index (χ0) is 15.0. The molecule has 0 saturated carbocycles. The maximum absolute atomic E-state index is 11.5. The van der Waals surface area contributed by atoms with E-state index >= 15 is 0 Å². The number of carboxylic acid groups (broad SMARTS) is 1. The number of rotatable bonds is 9. The molecule has 0 aromatic heterocycles. The summed E-state index contributed by atoms with van der Waals surface area (Å²) in [5.41, 5.74) is 1.02. The molecule has 0 aliphatic carbocycles. The molecule has 4 nitrogen and oxygen atoms in total. The van der Waals surface area contributed by atoms with Gasteiger partial charge in [0.1, 0.15) is 0 Å². The maximum atomic E-state index is 11.5. The summed E-state index contributed by atoms with van der Waals surface area (Å²) >= 11 is 0. The molecule has 0 fully saturated rings. The van der Waals surface area contributed by atoms with E-state index < -0.39 is 19.9 Å². The average molecular weight is 297 g/mol. The van der Waals surface area contributed by atoms with Gasteiger partial charge >= 0.3 is 14.0 Å². The van der Waals surface area contributed by atoms with Crippen LogP contribution in [0.15, 0.2) is 30.3 Å². The number of hydrogen-bond donors (Lipinski definition) is 1. The molecule has 5 heteroatoms. The highest BCUT2D eigenvalue weighted by molar-refractivity contribution is 7.39. The first kappa shape index (κ1) is 16.8. The highest BCUT2D eigenvalue weighted by Crippen LogP contribution is 2.32.